The summed E-state index contributed by atoms with van der Waals surface area (Å²) in [6, 6.07) is 11.9. The zero-order valence-corrected chi connectivity index (χ0v) is 15.1. The molecule has 2 aromatic heterocycles. The second kappa shape index (κ2) is 6.28. The molecular weight excluding hydrogens is 427 g/mol. The molecule has 1 N–H and O–H groups in total. The summed E-state index contributed by atoms with van der Waals surface area (Å²) < 4.78 is 30.2. The highest BCUT2D eigenvalue weighted by Gasteiger charge is 2.17. The van der Waals surface area contributed by atoms with Crippen molar-refractivity contribution in [3.05, 3.63) is 64.1 Å². The fraction of sp³-hybridized carbons (Fsp3) is 0.0667. The third-order valence-electron chi connectivity index (χ3n) is 3.10. The van der Waals surface area contributed by atoms with E-state index in [2.05, 4.69) is 37.4 Å². The van der Waals surface area contributed by atoms with Gasteiger partial charge in [-0.2, -0.15) is 5.10 Å². The first kappa shape index (κ1) is 15.9. The number of sulfonamides is 1. The first-order chi connectivity index (χ1) is 11.0. The normalized spacial score (nSPS) is 11.4. The molecule has 0 radical (unpaired) electrons. The summed E-state index contributed by atoms with van der Waals surface area (Å²) in [6.07, 6.45) is 3.26. The highest BCUT2D eigenvalue weighted by molar-refractivity contribution is 14.1. The summed E-state index contributed by atoms with van der Waals surface area (Å²) >= 11 is 2.13. The van der Waals surface area contributed by atoms with Crippen LogP contribution in [0.4, 0.5) is 5.82 Å². The van der Waals surface area contributed by atoms with Crippen molar-refractivity contribution in [3.8, 4) is 5.69 Å². The Morgan fingerprint density at radius 3 is 2.39 bits per heavy atom. The van der Waals surface area contributed by atoms with Gasteiger partial charge in [0, 0.05) is 22.0 Å². The molecule has 0 aliphatic carbocycles. The largest absolute Gasteiger partial charge is 0.265 e. The van der Waals surface area contributed by atoms with Gasteiger partial charge in [-0.1, -0.05) is 0 Å². The van der Waals surface area contributed by atoms with Crippen molar-refractivity contribution in [1.82, 2.24) is 14.8 Å². The summed E-state index contributed by atoms with van der Waals surface area (Å²) in [5.41, 5.74) is 1.44. The van der Waals surface area contributed by atoms with Gasteiger partial charge >= 0.3 is 0 Å². The summed E-state index contributed by atoms with van der Waals surface area (Å²) in [5, 5.41) is 4.33. The first-order valence-electron chi connectivity index (χ1n) is 6.71. The molecule has 0 saturated carbocycles. The molecule has 0 atom stereocenters. The minimum absolute atomic E-state index is 0.207. The van der Waals surface area contributed by atoms with Crippen molar-refractivity contribution < 1.29 is 8.42 Å². The van der Waals surface area contributed by atoms with Crippen LogP contribution in [0.25, 0.3) is 5.69 Å². The Bertz CT molecular complexity index is 922. The molecule has 0 aliphatic rings. The van der Waals surface area contributed by atoms with Gasteiger partial charge in [-0.25, -0.2) is 13.1 Å². The quantitative estimate of drug-likeness (QED) is 0.633. The number of nitrogens with zero attached hydrogens (tertiary/aromatic N) is 3. The van der Waals surface area contributed by atoms with Gasteiger partial charge in [0.25, 0.3) is 10.0 Å². The van der Waals surface area contributed by atoms with E-state index in [1.54, 1.807) is 66.5 Å². The van der Waals surface area contributed by atoms with Gasteiger partial charge in [0.05, 0.1) is 16.3 Å². The summed E-state index contributed by atoms with van der Waals surface area (Å²) in [6.45, 7) is 1.81. The number of halogens is 1. The zero-order chi connectivity index (χ0) is 16.4. The minimum atomic E-state index is -3.68. The van der Waals surface area contributed by atoms with E-state index in [4.69, 9.17) is 0 Å². The number of benzene rings is 1. The molecule has 0 bridgehead atoms. The van der Waals surface area contributed by atoms with E-state index in [0.29, 0.717) is 11.5 Å². The maximum Gasteiger partial charge on any atom is 0.263 e. The predicted octanol–water partition coefficient (Wildman–Crippen LogP) is 2.98. The first-order valence-corrected chi connectivity index (χ1v) is 9.27. The number of aryl methyl sites for hydroxylation is 1. The Balaban J connectivity index is 1.99. The van der Waals surface area contributed by atoms with Gasteiger partial charge in [-0.15, -0.1) is 0 Å². The molecule has 0 spiro atoms. The fourth-order valence-electron chi connectivity index (χ4n) is 2.06. The Labute approximate surface area is 147 Å². The highest BCUT2D eigenvalue weighted by atomic mass is 127. The number of hydrogen-bond acceptors (Lipinski definition) is 4. The topological polar surface area (TPSA) is 76.9 Å². The van der Waals surface area contributed by atoms with Gasteiger partial charge in [-0.3, -0.25) is 9.71 Å². The van der Waals surface area contributed by atoms with Gasteiger partial charge < -0.3 is 0 Å². The predicted molar refractivity (Wildman–Crippen MR) is 96.1 cm³/mol. The van der Waals surface area contributed by atoms with Crippen molar-refractivity contribution in [2.45, 2.75) is 11.8 Å². The van der Waals surface area contributed by atoms with Gasteiger partial charge in [0.1, 0.15) is 5.82 Å². The number of nitrogens with one attached hydrogen (secondary N) is 1. The minimum Gasteiger partial charge on any atom is -0.265 e. The van der Waals surface area contributed by atoms with Crippen molar-refractivity contribution in [3.63, 3.8) is 0 Å². The van der Waals surface area contributed by atoms with E-state index in [9.17, 15) is 8.42 Å². The molecule has 0 aliphatic heterocycles. The molecule has 0 amide bonds. The lowest BCUT2D eigenvalue weighted by Gasteiger charge is -2.10. The third kappa shape index (κ3) is 3.53. The number of pyridine rings is 1. The molecule has 0 unspecified atom stereocenters. The van der Waals surface area contributed by atoms with E-state index in [1.807, 2.05) is 0 Å². The van der Waals surface area contributed by atoms with Crippen LogP contribution in [0.1, 0.15) is 5.69 Å². The third-order valence-corrected chi connectivity index (χ3v) is 5.19. The summed E-state index contributed by atoms with van der Waals surface area (Å²) in [4.78, 5) is 4.16. The average Bonchev–Trinajstić information content (AvgIpc) is 2.88. The summed E-state index contributed by atoms with van der Waals surface area (Å²) in [5.74, 6) is 0.382. The van der Waals surface area contributed by atoms with E-state index in [0.717, 1.165) is 9.26 Å². The molecule has 3 rings (SSSR count). The Kier molecular flexibility index (Phi) is 4.35. The van der Waals surface area contributed by atoms with Crippen LogP contribution in [0.15, 0.2) is 59.8 Å². The molecule has 6 nitrogen and oxygen atoms in total. The molecule has 8 heteroatoms. The van der Waals surface area contributed by atoms with Crippen LogP contribution in [0, 0.1) is 10.5 Å². The van der Waals surface area contributed by atoms with E-state index < -0.39 is 10.0 Å². The summed E-state index contributed by atoms with van der Waals surface area (Å²) in [7, 11) is -3.68. The van der Waals surface area contributed by atoms with E-state index in [1.165, 1.54) is 0 Å². The van der Waals surface area contributed by atoms with E-state index >= 15 is 0 Å². The number of aromatic nitrogens is 3. The SMILES string of the molecule is Cc1cc(NS(=O)(=O)c2ccc(I)cc2)n(-c2ccncc2)n1. The molecule has 1 aromatic carbocycles. The lowest BCUT2D eigenvalue weighted by Crippen LogP contribution is -2.15. The van der Waals surface area contributed by atoms with Gasteiger partial charge in [0.2, 0.25) is 0 Å². The molecule has 0 saturated heterocycles. The fourth-order valence-corrected chi connectivity index (χ4v) is 3.46. The molecule has 3 aromatic rings. The Morgan fingerprint density at radius 2 is 1.74 bits per heavy atom. The Hall–Kier alpha value is -1.94. The van der Waals surface area contributed by atoms with Gasteiger partial charge in [0.15, 0.2) is 0 Å². The number of anilines is 1. The van der Waals surface area contributed by atoms with Crippen molar-refractivity contribution in [2.24, 2.45) is 0 Å². The highest BCUT2D eigenvalue weighted by Crippen LogP contribution is 2.21. The van der Waals surface area contributed by atoms with Crippen molar-refractivity contribution >= 4 is 38.4 Å². The van der Waals surface area contributed by atoms with Crippen LogP contribution in [0.5, 0.6) is 0 Å². The lowest BCUT2D eigenvalue weighted by atomic mass is 10.4. The van der Waals surface area contributed by atoms with Crippen LogP contribution in [-0.4, -0.2) is 23.2 Å². The zero-order valence-electron chi connectivity index (χ0n) is 12.1. The second-order valence-corrected chi connectivity index (χ2v) is 7.78. The Morgan fingerprint density at radius 1 is 1.09 bits per heavy atom. The molecular formula is C15H13IN4O2S. The molecule has 118 valence electrons. The van der Waals surface area contributed by atoms with Crippen LogP contribution in [-0.2, 0) is 10.0 Å². The number of rotatable bonds is 4. The molecule has 2 heterocycles. The van der Waals surface area contributed by atoms with Crippen LogP contribution in [0.3, 0.4) is 0 Å². The molecule has 0 fully saturated rings. The maximum atomic E-state index is 12.5. The van der Waals surface area contributed by atoms with E-state index in [-0.39, 0.29) is 4.90 Å². The second-order valence-electron chi connectivity index (χ2n) is 4.85. The maximum absolute atomic E-state index is 12.5. The van der Waals surface area contributed by atoms with Crippen molar-refractivity contribution in [2.75, 3.05) is 4.72 Å². The van der Waals surface area contributed by atoms with Crippen LogP contribution < -0.4 is 4.72 Å². The lowest BCUT2D eigenvalue weighted by molar-refractivity contribution is 0.600. The monoisotopic (exact) mass is 440 g/mol. The standard InChI is InChI=1S/C15H13IN4O2S/c1-11-10-15(20(18-11)13-6-8-17-9-7-13)19-23(21,22)14-4-2-12(16)3-5-14/h2-10,19H,1H3. The van der Waals surface area contributed by atoms with Crippen LogP contribution >= 0.6 is 22.6 Å². The average molecular weight is 440 g/mol. The van der Waals surface area contributed by atoms with Crippen LogP contribution in [0.2, 0.25) is 0 Å². The van der Waals surface area contributed by atoms with Gasteiger partial charge in [-0.05, 0) is 65.9 Å². The molecule has 23 heavy (non-hydrogen) atoms. The van der Waals surface area contributed by atoms with Crippen molar-refractivity contribution in [1.29, 1.82) is 0 Å². The number of hydrogen-bond donors (Lipinski definition) is 1. The smallest absolute Gasteiger partial charge is 0.263 e.